The molecule has 0 saturated heterocycles. The second-order valence-electron chi connectivity index (χ2n) is 3.63. The van der Waals surface area contributed by atoms with Gasteiger partial charge in [-0.2, -0.15) is 0 Å². The van der Waals surface area contributed by atoms with Crippen LogP contribution in [0.1, 0.15) is 12.5 Å². The number of benzene rings is 1. The highest BCUT2D eigenvalue weighted by molar-refractivity contribution is 9.10. The Labute approximate surface area is 102 Å². The van der Waals surface area contributed by atoms with E-state index in [0.717, 1.165) is 0 Å². The van der Waals surface area contributed by atoms with Gasteiger partial charge in [0.25, 0.3) is 0 Å². The van der Waals surface area contributed by atoms with Crippen LogP contribution in [0.2, 0.25) is 0 Å². The molecule has 88 valence electrons. The zero-order chi connectivity index (χ0) is 12.1. The number of rotatable bonds is 4. The summed E-state index contributed by atoms with van der Waals surface area (Å²) in [5.74, 6) is -0.676. The van der Waals surface area contributed by atoms with Crippen molar-refractivity contribution in [3.63, 3.8) is 0 Å². The van der Waals surface area contributed by atoms with Crippen molar-refractivity contribution in [2.45, 2.75) is 13.5 Å². The predicted octanol–water partition coefficient (Wildman–Crippen LogP) is 1.80. The summed E-state index contributed by atoms with van der Waals surface area (Å²) in [6.07, 6.45) is 0. The molecule has 1 aromatic carbocycles. The molecular weight excluding hydrogens is 275 g/mol. The van der Waals surface area contributed by atoms with Gasteiger partial charge in [-0.1, -0.05) is 22.9 Å². The van der Waals surface area contributed by atoms with Gasteiger partial charge in [0.15, 0.2) is 0 Å². The molecule has 0 spiro atoms. The van der Waals surface area contributed by atoms with Gasteiger partial charge in [0, 0.05) is 23.5 Å². The van der Waals surface area contributed by atoms with Gasteiger partial charge in [0.05, 0.1) is 0 Å². The van der Waals surface area contributed by atoms with Gasteiger partial charge in [-0.15, -0.1) is 0 Å². The van der Waals surface area contributed by atoms with E-state index in [2.05, 4.69) is 21.2 Å². The van der Waals surface area contributed by atoms with Crippen LogP contribution in [-0.2, 0) is 11.3 Å². The Morgan fingerprint density at radius 3 is 2.81 bits per heavy atom. The molecule has 0 saturated carbocycles. The van der Waals surface area contributed by atoms with E-state index >= 15 is 0 Å². The van der Waals surface area contributed by atoms with Crippen molar-refractivity contribution >= 4 is 21.8 Å². The van der Waals surface area contributed by atoms with E-state index in [1.165, 1.54) is 12.1 Å². The maximum absolute atomic E-state index is 13.0. The molecule has 0 radical (unpaired) electrons. The van der Waals surface area contributed by atoms with Crippen LogP contribution in [0.5, 0.6) is 0 Å². The Morgan fingerprint density at radius 2 is 2.25 bits per heavy atom. The molecule has 0 heterocycles. The highest BCUT2D eigenvalue weighted by Crippen LogP contribution is 2.14. The third kappa shape index (κ3) is 3.90. The molecular formula is C11H14BrFN2O. The van der Waals surface area contributed by atoms with Crippen LogP contribution >= 0.6 is 15.9 Å². The Kier molecular flexibility index (Phi) is 4.89. The average Bonchev–Trinajstić information content (AvgIpc) is 2.23. The fourth-order valence-corrected chi connectivity index (χ4v) is 1.70. The minimum absolute atomic E-state index is 0.122. The molecule has 0 aliphatic rings. The normalized spacial score (nSPS) is 12.2. The lowest BCUT2D eigenvalue weighted by Crippen LogP contribution is -2.32. The Morgan fingerprint density at radius 1 is 1.56 bits per heavy atom. The second kappa shape index (κ2) is 5.96. The summed E-state index contributed by atoms with van der Waals surface area (Å²) in [4.78, 5) is 11.4. The van der Waals surface area contributed by atoms with Gasteiger partial charge in [0.1, 0.15) is 5.82 Å². The largest absolute Gasteiger partial charge is 0.352 e. The molecule has 0 aliphatic carbocycles. The van der Waals surface area contributed by atoms with Gasteiger partial charge in [0.2, 0.25) is 5.91 Å². The third-order valence-corrected chi connectivity index (χ3v) is 2.65. The molecule has 3 nitrogen and oxygen atoms in total. The van der Waals surface area contributed by atoms with Crippen LogP contribution in [0.25, 0.3) is 0 Å². The first-order chi connectivity index (χ1) is 7.52. The highest BCUT2D eigenvalue weighted by Gasteiger charge is 2.10. The first-order valence-corrected chi connectivity index (χ1v) is 5.75. The third-order valence-electron chi connectivity index (χ3n) is 2.19. The molecule has 1 unspecified atom stereocenters. The van der Waals surface area contributed by atoms with Crippen LogP contribution in [-0.4, -0.2) is 12.5 Å². The maximum Gasteiger partial charge on any atom is 0.224 e. The van der Waals surface area contributed by atoms with E-state index in [1.54, 1.807) is 13.0 Å². The topological polar surface area (TPSA) is 55.1 Å². The molecule has 0 aromatic heterocycles. The van der Waals surface area contributed by atoms with E-state index in [9.17, 15) is 9.18 Å². The fourth-order valence-electron chi connectivity index (χ4n) is 1.18. The maximum atomic E-state index is 13.0. The van der Waals surface area contributed by atoms with Gasteiger partial charge in [-0.25, -0.2) is 4.39 Å². The fraction of sp³-hybridized carbons (Fsp3) is 0.364. The summed E-state index contributed by atoms with van der Waals surface area (Å²) in [5, 5.41) is 2.70. The summed E-state index contributed by atoms with van der Waals surface area (Å²) in [7, 11) is 0. The minimum Gasteiger partial charge on any atom is -0.352 e. The monoisotopic (exact) mass is 288 g/mol. The van der Waals surface area contributed by atoms with Crippen molar-refractivity contribution in [2.75, 3.05) is 6.54 Å². The number of hydrogen-bond donors (Lipinski definition) is 2. The Bertz CT molecular complexity index is 364. The SMILES string of the molecule is CC(CN)C(=O)NCc1cc(F)cc(Br)c1. The molecule has 1 amide bonds. The average molecular weight is 289 g/mol. The lowest BCUT2D eigenvalue weighted by atomic mass is 10.1. The van der Waals surface area contributed by atoms with Crippen LogP contribution in [0.4, 0.5) is 4.39 Å². The Hall–Kier alpha value is -0.940. The van der Waals surface area contributed by atoms with E-state index in [1.807, 2.05) is 0 Å². The van der Waals surface area contributed by atoms with Gasteiger partial charge in [-0.05, 0) is 23.8 Å². The van der Waals surface area contributed by atoms with E-state index in [4.69, 9.17) is 5.73 Å². The highest BCUT2D eigenvalue weighted by atomic mass is 79.9. The summed E-state index contributed by atoms with van der Waals surface area (Å²) in [5.41, 5.74) is 6.07. The molecule has 0 fully saturated rings. The quantitative estimate of drug-likeness (QED) is 0.888. The number of nitrogens with one attached hydrogen (secondary N) is 1. The molecule has 1 rings (SSSR count). The number of carbonyl (C=O) groups excluding carboxylic acids is 1. The Balaban J connectivity index is 2.58. The number of nitrogens with two attached hydrogens (primary N) is 1. The lowest BCUT2D eigenvalue weighted by Gasteiger charge is -2.10. The smallest absolute Gasteiger partial charge is 0.224 e. The van der Waals surface area contributed by atoms with Crippen LogP contribution < -0.4 is 11.1 Å². The predicted molar refractivity (Wildman–Crippen MR) is 64.2 cm³/mol. The molecule has 3 N–H and O–H groups in total. The van der Waals surface area contributed by atoms with Crippen LogP contribution in [0, 0.1) is 11.7 Å². The van der Waals surface area contributed by atoms with Crippen molar-refractivity contribution < 1.29 is 9.18 Å². The number of amides is 1. The standard InChI is InChI=1S/C11H14BrFN2O/c1-7(5-14)11(16)15-6-8-2-9(12)4-10(13)3-8/h2-4,7H,5-6,14H2,1H3,(H,15,16). The molecule has 0 bridgehead atoms. The first-order valence-electron chi connectivity index (χ1n) is 4.95. The number of halogens is 2. The van der Waals surface area contributed by atoms with Crippen molar-refractivity contribution in [3.8, 4) is 0 Å². The summed E-state index contributed by atoms with van der Waals surface area (Å²) >= 11 is 3.19. The van der Waals surface area contributed by atoms with Crippen molar-refractivity contribution in [3.05, 3.63) is 34.1 Å². The zero-order valence-electron chi connectivity index (χ0n) is 8.97. The molecule has 5 heteroatoms. The number of hydrogen-bond acceptors (Lipinski definition) is 2. The minimum atomic E-state index is -0.328. The molecule has 1 aromatic rings. The van der Waals surface area contributed by atoms with E-state index in [0.29, 0.717) is 23.1 Å². The second-order valence-corrected chi connectivity index (χ2v) is 4.55. The number of carbonyl (C=O) groups is 1. The molecule has 1 atom stereocenters. The lowest BCUT2D eigenvalue weighted by molar-refractivity contribution is -0.124. The molecule has 0 aliphatic heterocycles. The zero-order valence-corrected chi connectivity index (χ0v) is 10.6. The van der Waals surface area contributed by atoms with Gasteiger partial charge >= 0.3 is 0 Å². The van der Waals surface area contributed by atoms with E-state index < -0.39 is 0 Å². The van der Waals surface area contributed by atoms with Crippen LogP contribution in [0.3, 0.4) is 0 Å². The summed E-state index contributed by atoms with van der Waals surface area (Å²) in [6.45, 7) is 2.36. The van der Waals surface area contributed by atoms with Crippen molar-refractivity contribution in [1.29, 1.82) is 0 Å². The van der Waals surface area contributed by atoms with Gasteiger partial charge in [-0.3, -0.25) is 4.79 Å². The van der Waals surface area contributed by atoms with Crippen molar-refractivity contribution in [2.24, 2.45) is 11.7 Å². The van der Waals surface area contributed by atoms with Crippen molar-refractivity contribution in [1.82, 2.24) is 5.32 Å². The van der Waals surface area contributed by atoms with E-state index in [-0.39, 0.29) is 17.6 Å². The summed E-state index contributed by atoms with van der Waals surface area (Å²) < 4.78 is 13.7. The van der Waals surface area contributed by atoms with Crippen LogP contribution in [0.15, 0.2) is 22.7 Å². The summed E-state index contributed by atoms with van der Waals surface area (Å²) in [6, 6.07) is 4.52. The first kappa shape index (κ1) is 13.1. The van der Waals surface area contributed by atoms with Gasteiger partial charge < -0.3 is 11.1 Å². The molecule has 16 heavy (non-hydrogen) atoms.